The van der Waals surface area contributed by atoms with Gasteiger partial charge in [-0.2, -0.15) is 0 Å². The highest BCUT2D eigenvalue weighted by atomic mass is 35.5. The lowest BCUT2D eigenvalue weighted by Gasteiger charge is -2.19. The highest BCUT2D eigenvalue weighted by molar-refractivity contribution is 6.30. The number of hydrogen-bond donors (Lipinski definition) is 2. The molecule has 2 aromatic heterocycles. The van der Waals surface area contributed by atoms with Gasteiger partial charge in [0.25, 0.3) is 11.5 Å². The van der Waals surface area contributed by atoms with E-state index < -0.39 is 0 Å². The summed E-state index contributed by atoms with van der Waals surface area (Å²) in [5.74, 6) is 0.247. The van der Waals surface area contributed by atoms with Crippen molar-refractivity contribution >= 4 is 28.4 Å². The fourth-order valence-electron chi connectivity index (χ4n) is 2.38. The van der Waals surface area contributed by atoms with Crippen LogP contribution in [0.25, 0.3) is 10.9 Å². The number of carbonyl (C=O) groups is 1. The van der Waals surface area contributed by atoms with Crippen molar-refractivity contribution in [1.29, 1.82) is 0 Å². The Morgan fingerprint density at radius 1 is 1.35 bits per heavy atom. The number of hydrogen-bond acceptors (Lipinski definition) is 3. The van der Waals surface area contributed by atoms with Crippen molar-refractivity contribution in [3.8, 4) is 0 Å². The molecular formula is C16H15ClN4O2. The summed E-state index contributed by atoms with van der Waals surface area (Å²) in [5, 5.41) is 1.00. The third-order valence-electron chi connectivity index (χ3n) is 3.55. The Labute approximate surface area is 137 Å². The minimum atomic E-state index is -0.211. The minimum absolute atomic E-state index is 0.199. The predicted octanol–water partition coefficient (Wildman–Crippen LogP) is 2.57. The zero-order valence-corrected chi connectivity index (χ0v) is 13.2. The van der Waals surface area contributed by atoms with Crippen molar-refractivity contribution in [2.24, 2.45) is 0 Å². The molecule has 2 N–H and O–H groups in total. The van der Waals surface area contributed by atoms with E-state index in [4.69, 9.17) is 11.6 Å². The van der Waals surface area contributed by atoms with E-state index in [9.17, 15) is 9.59 Å². The summed E-state index contributed by atoms with van der Waals surface area (Å²) in [6.45, 7) is 2.56. The Kier molecular flexibility index (Phi) is 4.16. The van der Waals surface area contributed by atoms with Crippen molar-refractivity contribution < 1.29 is 4.79 Å². The van der Waals surface area contributed by atoms with E-state index in [0.29, 0.717) is 34.0 Å². The number of halogens is 1. The summed E-state index contributed by atoms with van der Waals surface area (Å²) >= 11 is 5.84. The van der Waals surface area contributed by atoms with Gasteiger partial charge in [-0.05, 0) is 25.1 Å². The molecule has 0 bridgehead atoms. The number of H-pyrrole nitrogens is 2. The Bertz CT molecular complexity index is 916. The maximum atomic E-state index is 12.5. The number of aromatic nitrogens is 3. The summed E-state index contributed by atoms with van der Waals surface area (Å²) in [7, 11) is 0. The van der Waals surface area contributed by atoms with E-state index in [1.807, 2.05) is 13.0 Å². The predicted molar refractivity (Wildman–Crippen MR) is 88.6 cm³/mol. The first-order chi connectivity index (χ1) is 11.1. The van der Waals surface area contributed by atoms with Gasteiger partial charge in [-0.1, -0.05) is 23.7 Å². The maximum Gasteiger partial charge on any atom is 0.270 e. The lowest BCUT2D eigenvalue weighted by atomic mass is 10.2. The summed E-state index contributed by atoms with van der Waals surface area (Å²) in [6.07, 6.45) is 1.55. The molecule has 0 saturated heterocycles. The standard InChI is InChI=1S/C16H15ClN4O2/c1-2-21(16(23)13-7-10(17)8-18-13)9-14-19-12-6-4-3-5-11(12)15(22)20-14/h3-8,18H,2,9H2,1H3,(H,19,20,22). The third kappa shape index (κ3) is 3.12. The van der Waals surface area contributed by atoms with Crippen LogP contribution in [0, 0.1) is 0 Å². The van der Waals surface area contributed by atoms with E-state index in [1.165, 1.54) is 0 Å². The highest BCUT2D eigenvalue weighted by Crippen LogP contribution is 2.13. The van der Waals surface area contributed by atoms with Gasteiger partial charge in [0.05, 0.1) is 22.5 Å². The molecule has 0 saturated carbocycles. The van der Waals surface area contributed by atoms with Crippen molar-refractivity contribution in [1.82, 2.24) is 19.9 Å². The Morgan fingerprint density at radius 2 is 2.13 bits per heavy atom. The first-order valence-electron chi connectivity index (χ1n) is 7.19. The first kappa shape index (κ1) is 15.3. The van der Waals surface area contributed by atoms with Crippen LogP contribution in [0.3, 0.4) is 0 Å². The van der Waals surface area contributed by atoms with E-state index in [0.717, 1.165) is 0 Å². The molecule has 118 valence electrons. The van der Waals surface area contributed by atoms with Gasteiger partial charge in [0.1, 0.15) is 11.5 Å². The van der Waals surface area contributed by atoms with Crippen molar-refractivity contribution in [3.63, 3.8) is 0 Å². The van der Waals surface area contributed by atoms with Crippen LogP contribution in [0.2, 0.25) is 5.02 Å². The van der Waals surface area contributed by atoms with Crippen LogP contribution in [0.1, 0.15) is 23.2 Å². The highest BCUT2D eigenvalue weighted by Gasteiger charge is 2.17. The van der Waals surface area contributed by atoms with Crippen LogP contribution in [-0.4, -0.2) is 32.3 Å². The van der Waals surface area contributed by atoms with Gasteiger partial charge in [-0.3, -0.25) is 9.59 Å². The molecule has 0 aliphatic heterocycles. The molecule has 0 spiro atoms. The van der Waals surface area contributed by atoms with Gasteiger partial charge < -0.3 is 14.9 Å². The number of fused-ring (bicyclic) bond motifs is 1. The number of rotatable bonds is 4. The van der Waals surface area contributed by atoms with Crippen LogP contribution < -0.4 is 5.56 Å². The average Bonchev–Trinajstić information content (AvgIpc) is 2.98. The van der Waals surface area contributed by atoms with Crippen molar-refractivity contribution in [2.75, 3.05) is 6.54 Å². The summed E-state index contributed by atoms with van der Waals surface area (Å²) < 4.78 is 0. The molecule has 1 aromatic carbocycles. The van der Waals surface area contributed by atoms with Gasteiger partial charge in [-0.15, -0.1) is 0 Å². The van der Waals surface area contributed by atoms with Crippen LogP contribution in [0.5, 0.6) is 0 Å². The number of aromatic amines is 2. The monoisotopic (exact) mass is 330 g/mol. The second-order valence-corrected chi connectivity index (χ2v) is 5.52. The Hall–Kier alpha value is -2.60. The molecule has 0 aliphatic carbocycles. The van der Waals surface area contributed by atoms with E-state index in [2.05, 4.69) is 15.0 Å². The van der Waals surface area contributed by atoms with Crippen LogP contribution >= 0.6 is 11.6 Å². The zero-order chi connectivity index (χ0) is 16.4. The van der Waals surface area contributed by atoms with Crippen molar-refractivity contribution in [3.05, 3.63) is 63.4 Å². The van der Waals surface area contributed by atoms with Gasteiger partial charge >= 0.3 is 0 Å². The van der Waals surface area contributed by atoms with Gasteiger partial charge in [0, 0.05) is 12.7 Å². The molecule has 3 rings (SSSR count). The summed E-state index contributed by atoms with van der Waals surface area (Å²) in [4.78, 5) is 36.1. The Morgan fingerprint density at radius 3 is 2.83 bits per heavy atom. The molecule has 1 amide bonds. The minimum Gasteiger partial charge on any atom is -0.356 e. The lowest BCUT2D eigenvalue weighted by molar-refractivity contribution is 0.0743. The SMILES string of the molecule is CCN(Cc1nc2ccccc2c(=O)[nH]1)C(=O)c1cc(Cl)c[nH]1. The van der Waals surface area contributed by atoms with Gasteiger partial charge in [-0.25, -0.2) is 4.98 Å². The number of nitrogens with one attached hydrogen (secondary N) is 2. The number of carbonyl (C=O) groups excluding carboxylic acids is 1. The average molecular weight is 331 g/mol. The zero-order valence-electron chi connectivity index (χ0n) is 12.5. The number of para-hydroxylation sites is 1. The van der Waals surface area contributed by atoms with E-state index >= 15 is 0 Å². The fourth-order valence-corrected chi connectivity index (χ4v) is 2.54. The number of amides is 1. The molecular weight excluding hydrogens is 316 g/mol. The molecule has 7 heteroatoms. The molecule has 6 nitrogen and oxygen atoms in total. The van der Waals surface area contributed by atoms with Crippen LogP contribution in [0.15, 0.2) is 41.3 Å². The molecule has 3 aromatic rings. The smallest absolute Gasteiger partial charge is 0.270 e. The maximum absolute atomic E-state index is 12.5. The first-order valence-corrected chi connectivity index (χ1v) is 7.57. The van der Waals surface area contributed by atoms with Crippen LogP contribution in [-0.2, 0) is 6.54 Å². The molecule has 0 aliphatic rings. The van der Waals surface area contributed by atoms with Crippen LogP contribution in [0.4, 0.5) is 0 Å². The normalized spacial score (nSPS) is 10.9. The molecule has 2 heterocycles. The fraction of sp³-hybridized carbons (Fsp3) is 0.188. The Balaban J connectivity index is 1.90. The molecule has 0 fully saturated rings. The summed E-state index contributed by atoms with van der Waals surface area (Å²) in [5.41, 5.74) is 0.801. The van der Waals surface area contributed by atoms with Crippen molar-refractivity contribution in [2.45, 2.75) is 13.5 Å². The molecule has 0 atom stereocenters. The summed E-state index contributed by atoms with van der Waals surface area (Å²) in [6, 6.07) is 8.67. The number of benzene rings is 1. The van der Waals surface area contributed by atoms with E-state index in [1.54, 1.807) is 35.4 Å². The topological polar surface area (TPSA) is 81.8 Å². The second-order valence-electron chi connectivity index (χ2n) is 5.08. The number of nitrogens with zero attached hydrogens (tertiary/aromatic N) is 2. The quantitative estimate of drug-likeness (QED) is 0.771. The second kappa shape index (κ2) is 6.26. The largest absolute Gasteiger partial charge is 0.356 e. The third-order valence-corrected chi connectivity index (χ3v) is 3.77. The molecule has 0 radical (unpaired) electrons. The van der Waals surface area contributed by atoms with Gasteiger partial charge in [0.15, 0.2) is 0 Å². The van der Waals surface area contributed by atoms with E-state index in [-0.39, 0.29) is 18.0 Å². The molecule has 23 heavy (non-hydrogen) atoms. The lowest BCUT2D eigenvalue weighted by Crippen LogP contribution is -2.32. The van der Waals surface area contributed by atoms with Gasteiger partial charge in [0.2, 0.25) is 0 Å². The molecule has 0 unspecified atom stereocenters.